The van der Waals surface area contributed by atoms with Crippen LogP contribution in [0.4, 0.5) is 5.69 Å². The number of ether oxygens (including phenoxy) is 1. The highest BCUT2D eigenvalue weighted by Crippen LogP contribution is 2.22. The molecular weight excluding hydrogens is 352 g/mol. The van der Waals surface area contributed by atoms with E-state index < -0.39 is 10.0 Å². The first kappa shape index (κ1) is 19.8. The number of benzene rings is 2. The summed E-state index contributed by atoms with van der Waals surface area (Å²) in [6, 6.07) is 16.7. The van der Waals surface area contributed by atoms with E-state index in [9.17, 15) is 13.2 Å². The number of hydrogen-bond acceptors (Lipinski definition) is 4. The molecular formula is C19H24N2O4S. The van der Waals surface area contributed by atoms with Gasteiger partial charge in [-0.25, -0.2) is 8.42 Å². The smallest absolute Gasteiger partial charge is 0.232 e. The van der Waals surface area contributed by atoms with E-state index in [1.807, 2.05) is 30.3 Å². The maximum absolute atomic E-state index is 12.1. The van der Waals surface area contributed by atoms with E-state index in [0.717, 1.165) is 11.8 Å². The Kier molecular flexibility index (Phi) is 7.03. The third-order valence-electron chi connectivity index (χ3n) is 3.73. The molecule has 0 aromatic heterocycles. The van der Waals surface area contributed by atoms with Crippen LogP contribution in [0.25, 0.3) is 0 Å². The van der Waals surface area contributed by atoms with Crippen molar-refractivity contribution in [2.45, 2.75) is 20.0 Å². The highest BCUT2D eigenvalue weighted by Gasteiger charge is 2.17. The van der Waals surface area contributed by atoms with Gasteiger partial charge in [-0.05, 0) is 29.8 Å². The fourth-order valence-corrected chi connectivity index (χ4v) is 3.29. The molecule has 6 nitrogen and oxygen atoms in total. The molecule has 0 radical (unpaired) electrons. The zero-order chi connectivity index (χ0) is 19.0. The summed E-state index contributed by atoms with van der Waals surface area (Å²) in [5, 5.41) is 2.68. The number of amides is 1. The Balaban J connectivity index is 2.01. The van der Waals surface area contributed by atoms with Gasteiger partial charge in [-0.2, -0.15) is 0 Å². The minimum atomic E-state index is -3.45. The molecule has 2 rings (SSSR count). The van der Waals surface area contributed by atoms with Gasteiger partial charge in [0.1, 0.15) is 12.4 Å². The fourth-order valence-electron chi connectivity index (χ4n) is 2.36. The van der Waals surface area contributed by atoms with Crippen LogP contribution in [-0.4, -0.2) is 33.7 Å². The van der Waals surface area contributed by atoms with Crippen molar-refractivity contribution >= 4 is 21.6 Å². The van der Waals surface area contributed by atoms with Crippen molar-refractivity contribution in [1.29, 1.82) is 0 Å². The molecule has 0 fully saturated rings. The lowest BCUT2D eigenvalue weighted by Crippen LogP contribution is -2.38. The van der Waals surface area contributed by atoms with E-state index in [-0.39, 0.29) is 19.0 Å². The third kappa shape index (κ3) is 6.07. The SMILES string of the molecule is CCC(=O)NCCN(c1ccc(OCc2ccccc2)cc1)S(C)(=O)=O. The summed E-state index contributed by atoms with van der Waals surface area (Å²) in [5.41, 5.74) is 1.59. The van der Waals surface area contributed by atoms with Crippen molar-refractivity contribution in [3.8, 4) is 5.75 Å². The molecule has 1 amide bonds. The van der Waals surface area contributed by atoms with Crippen molar-refractivity contribution in [1.82, 2.24) is 5.32 Å². The monoisotopic (exact) mass is 376 g/mol. The Hall–Kier alpha value is -2.54. The van der Waals surface area contributed by atoms with Crippen LogP contribution in [0.15, 0.2) is 54.6 Å². The molecule has 2 aromatic rings. The molecule has 0 aliphatic heterocycles. The minimum absolute atomic E-state index is 0.108. The molecule has 1 N–H and O–H groups in total. The maximum Gasteiger partial charge on any atom is 0.232 e. The Bertz CT molecular complexity index is 805. The number of nitrogens with one attached hydrogen (secondary N) is 1. The number of carbonyl (C=O) groups is 1. The summed E-state index contributed by atoms with van der Waals surface area (Å²) >= 11 is 0. The summed E-state index contributed by atoms with van der Waals surface area (Å²) in [6.45, 7) is 2.62. The molecule has 2 aromatic carbocycles. The van der Waals surface area contributed by atoms with Crippen molar-refractivity contribution in [2.24, 2.45) is 0 Å². The Morgan fingerprint density at radius 3 is 2.31 bits per heavy atom. The molecule has 7 heteroatoms. The van der Waals surface area contributed by atoms with Crippen LogP contribution < -0.4 is 14.4 Å². The van der Waals surface area contributed by atoms with E-state index in [1.54, 1.807) is 31.2 Å². The standard InChI is InChI=1S/C19H24N2O4S/c1-3-19(22)20-13-14-21(26(2,23)24)17-9-11-18(12-10-17)25-15-16-7-5-4-6-8-16/h4-12H,3,13-15H2,1-2H3,(H,20,22). The largest absolute Gasteiger partial charge is 0.489 e. The number of sulfonamides is 1. The highest BCUT2D eigenvalue weighted by atomic mass is 32.2. The van der Waals surface area contributed by atoms with E-state index in [2.05, 4.69) is 5.32 Å². The van der Waals surface area contributed by atoms with Crippen LogP contribution in [0.5, 0.6) is 5.75 Å². The lowest BCUT2D eigenvalue weighted by atomic mass is 10.2. The van der Waals surface area contributed by atoms with Crippen LogP contribution in [0, 0.1) is 0 Å². The van der Waals surface area contributed by atoms with Gasteiger partial charge >= 0.3 is 0 Å². The second kappa shape index (κ2) is 9.24. The second-order valence-electron chi connectivity index (χ2n) is 5.81. The highest BCUT2D eigenvalue weighted by molar-refractivity contribution is 7.92. The van der Waals surface area contributed by atoms with E-state index in [4.69, 9.17) is 4.74 Å². The molecule has 0 spiro atoms. The number of hydrogen-bond donors (Lipinski definition) is 1. The maximum atomic E-state index is 12.1. The lowest BCUT2D eigenvalue weighted by molar-refractivity contribution is -0.120. The van der Waals surface area contributed by atoms with Crippen LogP contribution in [0.3, 0.4) is 0 Å². The summed E-state index contributed by atoms with van der Waals surface area (Å²) in [6.07, 6.45) is 1.51. The number of nitrogens with zero attached hydrogens (tertiary/aromatic N) is 1. The summed E-state index contributed by atoms with van der Waals surface area (Å²) in [5.74, 6) is 0.549. The number of anilines is 1. The third-order valence-corrected chi connectivity index (χ3v) is 4.93. The molecule has 0 saturated heterocycles. The summed E-state index contributed by atoms with van der Waals surface area (Å²) in [7, 11) is -3.45. The molecule has 26 heavy (non-hydrogen) atoms. The summed E-state index contributed by atoms with van der Waals surface area (Å²) < 4.78 is 31.1. The first-order chi connectivity index (χ1) is 12.4. The number of rotatable bonds is 9. The van der Waals surface area contributed by atoms with Crippen LogP contribution in [0.2, 0.25) is 0 Å². The van der Waals surface area contributed by atoms with Crippen molar-refractivity contribution in [3.05, 3.63) is 60.2 Å². The molecule has 140 valence electrons. The molecule has 0 heterocycles. The van der Waals surface area contributed by atoms with Gasteiger partial charge in [-0.15, -0.1) is 0 Å². The molecule has 0 aliphatic rings. The van der Waals surface area contributed by atoms with E-state index in [1.165, 1.54) is 4.31 Å². The predicted molar refractivity (Wildman–Crippen MR) is 103 cm³/mol. The Labute approximate surface area is 154 Å². The Morgan fingerprint density at radius 1 is 1.08 bits per heavy atom. The Morgan fingerprint density at radius 2 is 1.73 bits per heavy atom. The lowest BCUT2D eigenvalue weighted by Gasteiger charge is -2.22. The van der Waals surface area contributed by atoms with Gasteiger partial charge in [-0.3, -0.25) is 9.10 Å². The first-order valence-electron chi connectivity index (χ1n) is 8.41. The van der Waals surface area contributed by atoms with Gasteiger partial charge in [0.25, 0.3) is 0 Å². The van der Waals surface area contributed by atoms with Crippen molar-refractivity contribution in [3.63, 3.8) is 0 Å². The molecule has 0 aliphatic carbocycles. The van der Waals surface area contributed by atoms with Gasteiger partial charge < -0.3 is 10.1 Å². The average Bonchev–Trinajstić information content (AvgIpc) is 2.64. The van der Waals surface area contributed by atoms with Crippen molar-refractivity contribution < 1.29 is 17.9 Å². The first-order valence-corrected chi connectivity index (χ1v) is 10.3. The van der Waals surface area contributed by atoms with Gasteiger partial charge in [0.2, 0.25) is 15.9 Å². The van der Waals surface area contributed by atoms with Gasteiger partial charge in [-0.1, -0.05) is 37.3 Å². The van der Waals surface area contributed by atoms with Gasteiger partial charge in [0.15, 0.2) is 0 Å². The zero-order valence-corrected chi connectivity index (χ0v) is 15.8. The van der Waals surface area contributed by atoms with E-state index in [0.29, 0.717) is 24.5 Å². The molecule has 0 saturated carbocycles. The average molecular weight is 376 g/mol. The predicted octanol–water partition coefficient (Wildman–Crippen LogP) is 2.56. The molecule has 0 atom stereocenters. The molecule has 0 unspecified atom stereocenters. The summed E-state index contributed by atoms with van der Waals surface area (Å²) in [4.78, 5) is 11.3. The number of carbonyl (C=O) groups excluding carboxylic acids is 1. The van der Waals surface area contributed by atoms with Crippen LogP contribution >= 0.6 is 0 Å². The quantitative estimate of drug-likeness (QED) is 0.730. The van der Waals surface area contributed by atoms with E-state index >= 15 is 0 Å². The zero-order valence-electron chi connectivity index (χ0n) is 15.0. The second-order valence-corrected chi connectivity index (χ2v) is 7.71. The minimum Gasteiger partial charge on any atom is -0.489 e. The van der Waals surface area contributed by atoms with Crippen molar-refractivity contribution in [2.75, 3.05) is 23.7 Å². The van der Waals surface area contributed by atoms with Crippen LogP contribution in [0.1, 0.15) is 18.9 Å². The van der Waals surface area contributed by atoms with Gasteiger partial charge in [0.05, 0.1) is 18.5 Å². The van der Waals surface area contributed by atoms with Gasteiger partial charge in [0, 0.05) is 13.0 Å². The topological polar surface area (TPSA) is 75.7 Å². The van der Waals surface area contributed by atoms with Crippen LogP contribution in [-0.2, 0) is 21.4 Å². The normalized spacial score (nSPS) is 11.0. The molecule has 0 bridgehead atoms. The fraction of sp³-hybridized carbons (Fsp3) is 0.316.